The lowest BCUT2D eigenvalue weighted by Crippen LogP contribution is -2.34. The van der Waals surface area contributed by atoms with E-state index in [1.54, 1.807) is 12.1 Å². The number of non-ortho nitro benzene ring substituents is 1. The molecule has 0 saturated carbocycles. The standard InChI is InChI=1S/C16H17N3O6/c20-11-14(21)10-17(9-12-4-2-1-3-5-12)15-7-6-13(18(22)23)8-16(15)19(24)25/h1-8,14,20-21H,9-11H2. The quantitative estimate of drug-likeness (QED) is 0.550. The molecule has 132 valence electrons. The number of hydrogen-bond donors (Lipinski definition) is 2. The van der Waals surface area contributed by atoms with Gasteiger partial charge in [-0.05, 0) is 11.6 Å². The Labute approximate surface area is 143 Å². The Morgan fingerprint density at radius 3 is 2.28 bits per heavy atom. The number of anilines is 1. The molecule has 0 amide bonds. The second-order valence-electron chi connectivity index (χ2n) is 5.39. The van der Waals surface area contributed by atoms with Gasteiger partial charge in [-0.15, -0.1) is 0 Å². The Bertz CT molecular complexity index is 753. The Morgan fingerprint density at radius 2 is 1.72 bits per heavy atom. The van der Waals surface area contributed by atoms with Crippen molar-refractivity contribution in [2.45, 2.75) is 12.6 Å². The molecule has 0 heterocycles. The van der Waals surface area contributed by atoms with Gasteiger partial charge in [0.05, 0.1) is 28.6 Å². The van der Waals surface area contributed by atoms with E-state index < -0.39 is 33.9 Å². The predicted octanol–water partition coefficient (Wildman–Crippen LogP) is 1.86. The molecule has 1 atom stereocenters. The van der Waals surface area contributed by atoms with Crippen molar-refractivity contribution < 1.29 is 20.1 Å². The maximum absolute atomic E-state index is 11.4. The highest BCUT2D eigenvalue weighted by molar-refractivity contribution is 5.67. The molecular formula is C16H17N3O6. The van der Waals surface area contributed by atoms with Crippen molar-refractivity contribution in [2.24, 2.45) is 0 Å². The molecule has 0 radical (unpaired) electrons. The largest absolute Gasteiger partial charge is 0.394 e. The van der Waals surface area contributed by atoms with Gasteiger partial charge in [-0.3, -0.25) is 20.2 Å². The summed E-state index contributed by atoms with van der Waals surface area (Å²) in [6, 6.07) is 12.4. The Kier molecular flexibility index (Phi) is 5.98. The number of hydrogen-bond acceptors (Lipinski definition) is 7. The normalized spacial score (nSPS) is 11.8. The molecule has 0 bridgehead atoms. The third-order valence-corrected chi connectivity index (χ3v) is 3.57. The van der Waals surface area contributed by atoms with E-state index in [1.165, 1.54) is 17.0 Å². The Hall–Kier alpha value is -3.04. The topological polar surface area (TPSA) is 130 Å². The van der Waals surface area contributed by atoms with Crippen LogP contribution in [0.2, 0.25) is 0 Å². The van der Waals surface area contributed by atoms with Crippen molar-refractivity contribution >= 4 is 17.1 Å². The van der Waals surface area contributed by atoms with Gasteiger partial charge in [-0.25, -0.2) is 0 Å². The first-order valence-electron chi connectivity index (χ1n) is 7.43. The van der Waals surface area contributed by atoms with Crippen molar-refractivity contribution in [1.82, 2.24) is 0 Å². The lowest BCUT2D eigenvalue weighted by atomic mass is 10.1. The zero-order chi connectivity index (χ0) is 18.4. The summed E-state index contributed by atoms with van der Waals surface area (Å²) in [6.07, 6.45) is -1.11. The van der Waals surface area contributed by atoms with E-state index in [2.05, 4.69) is 0 Å². The van der Waals surface area contributed by atoms with Crippen LogP contribution < -0.4 is 4.90 Å². The van der Waals surface area contributed by atoms with E-state index in [1.807, 2.05) is 18.2 Å². The fourth-order valence-corrected chi connectivity index (χ4v) is 2.40. The van der Waals surface area contributed by atoms with Crippen LogP contribution >= 0.6 is 0 Å². The molecule has 0 aliphatic heterocycles. The number of nitro groups is 2. The lowest BCUT2D eigenvalue weighted by Gasteiger charge is -2.26. The van der Waals surface area contributed by atoms with Crippen LogP contribution in [0.25, 0.3) is 0 Å². The van der Waals surface area contributed by atoms with Gasteiger partial charge in [0.1, 0.15) is 5.69 Å². The van der Waals surface area contributed by atoms with Crippen molar-refractivity contribution in [1.29, 1.82) is 0 Å². The number of benzene rings is 2. The summed E-state index contributed by atoms with van der Waals surface area (Å²) in [4.78, 5) is 22.3. The second kappa shape index (κ2) is 8.18. The molecule has 0 aliphatic rings. The van der Waals surface area contributed by atoms with E-state index in [9.17, 15) is 25.3 Å². The summed E-state index contributed by atoms with van der Waals surface area (Å²) in [5, 5.41) is 41.1. The van der Waals surface area contributed by atoms with E-state index in [-0.39, 0.29) is 18.8 Å². The minimum atomic E-state index is -1.11. The van der Waals surface area contributed by atoms with E-state index in [0.717, 1.165) is 11.6 Å². The minimum absolute atomic E-state index is 0.0654. The maximum Gasteiger partial charge on any atom is 0.299 e. The van der Waals surface area contributed by atoms with Crippen LogP contribution in [0.1, 0.15) is 5.56 Å². The molecule has 9 heteroatoms. The molecule has 0 fully saturated rings. The molecule has 0 spiro atoms. The van der Waals surface area contributed by atoms with E-state index in [4.69, 9.17) is 5.11 Å². The van der Waals surface area contributed by atoms with Crippen LogP contribution in [0, 0.1) is 20.2 Å². The van der Waals surface area contributed by atoms with Crippen LogP contribution in [-0.4, -0.2) is 39.3 Å². The molecule has 2 rings (SSSR count). The van der Waals surface area contributed by atoms with Crippen LogP contribution in [-0.2, 0) is 6.54 Å². The highest BCUT2D eigenvalue weighted by atomic mass is 16.6. The summed E-state index contributed by atoms with van der Waals surface area (Å²) < 4.78 is 0. The van der Waals surface area contributed by atoms with Crippen molar-refractivity contribution in [3.8, 4) is 0 Å². The Balaban J connectivity index is 2.45. The molecule has 2 aromatic carbocycles. The number of aliphatic hydroxyl groups excluding tert-OH is 2. The first-order chi connectivity index (χ1) is 11.9. The monoisotopic (exact) mass is 347 g/mol. The molecule has 1 unspecified atom stereocenters. The van der Waals surface area contributed by atoms with Gasteiger partial charge in [0.15, 0.2) is 0 Å². The summed E-state index contributed by atoms with van der Waals surface area (Å²) in [5.74, 6) is 0. The summed E-state index contributed by atoms with van der Waals surface area (Å²) in [5.41, 5.74) is 0.139. The molecule has 0 aliphatic carbocycles. The van der Waals surface area contributed by atoms with Crippen molar-refractivity contribution in [3.63, 3.8) is 0 Å². The van der Waals surface area contributed by atoms with Crippen LogP contribution in [0.4, 0.5) is 17.1 Å². The van der Waals surface area contributed by atoms with Gasteiger partial charge in [0, 0.05) is 19.2 Å². The van der Waals surface area contributed by atoms with Crippen LogP contribution in [0.5, 0.6) is 0 Å². The highest BCUT2D eigenvalue weighted by Crippen LogP contribution is 2.33. The summed E-state index contributed by atoms with van der Waals surface area (Å²) in [7, 11) is 0. The fourth-order valence-electron chi connectivity index (χ4n) is 2.40. The summed E-state index contributed by atoms with van der Waals surface area (Å²) in [6.45, 7) is -0.341. The number of rotatable bonds is 8. The average Bonchev–Trinajstić information content (AvgIpc) is 2.61. The van der Waals surface area contributed by atoms with Gasteiger partial charge >= 0.3 is 0 Å². The van der Waals surface area contributed by atoms with Gasteiger partial charge in [0.2, 0.25) is 0 Å². The third-order valence-electron chi connectivity index (χ3n) is 3.57. The summed E-state index contributed by atoms with van der Waals surface area (Å²) >= 11 is 0. The SMILES string of the molecule is O=[N+]([O-])c1ccc(N(Cc2ccccc2)CC(O)CO)c([N+](=O)[O-])c1. The Morgan fingerprint density at radius 1 is 1.04 bits per heavy atom. The fraction of sp³-hybridized carbons (Fsp3) is 0.250. The number of aliphatic hydroxyl groups is 2. The smallest absolute Gasteiger partial charge is 0.299 e. The number of nitrogens with zero attached hydrogens (tertiary/aromatic N) is 3. The molecule has 0 aromatic heterocycles. The number of nitro benzene ring substituents is 2. The minimum Gasteiger partial charge on any atom is -0.394 e. The zero-order valence-corrected chi connectivity index (χ0v) is 13.2. The van der Waals surface area contributed by atoms with Gasteiger partial charge in [-0.1, -0.05) is 30.3 Å². The second-order valence-corrected chi connectivity index (χ2v) is 5.39. The average molecular weight is 347 g/mol. The first-order valence-corrected chi connectivity index (χ1v) is 7.43. The predicted molar refractivity (Wildman–Crippen MR) is 90.3 cm³/mol. The third kappa shape index (κ3) is 4.72. The first kappa shape index (κ1) is 18.3. The highest BCUT2D eigenvalue weighted by Gasteiger charge is 2.25. The van der Waals surface area contributed by atoms with Crippen LogP contribution in [0.3, 0.4) is 0 Å². The molecule has 9 nitrogen and oxygen atoms in total. The molecule has 2 aromatic rings. The van der Waals surface area contributed by atoms with Crippen molar-refractivity contribution in [3.05, 3.63) is 74.3 Å². The van der Waals surface area contributed by atoms with E-state index >= 15 is 0 Å². The van der Waals surface area contributed by atoms with E-state index in [0.29, 0.717) is 0 Å². The van der Waals surface area contributed by atoms with Crippen LogP contribution in [0.15, 0.2) is 48.5 Å². The lowest BCUT2D eigenvalue weighted by molar-refractivity contribution is -0.393. The van der Waals surface area contributed by atoms with Crippen molar-refractivity contribution in [2.75, 3.05) is 18.1 Å². The molecule has 25 heavy (non-hydrogen) atoms. The van der Waals surface area contributed by atoms with Gasteiger partial charge in [0.25, 0.3) is 11.4 Å². The molecule has 2 N–H and O–H groups in total. The van der Waals surface area contributed by atoms with Gasteiger partial charge in [-0.2, -0.15) is 0 Å². The zero-order valence-electron chi connectivity index (χ0n) is 13.2. The molecular weight excluding hydrogens is 330 g/mol. The maximum atomic E-state index is 11.4. The molecule has 0 saturated heterocycles. The van der Waals surface area contributed by atoms with Gasteiger partial charge < -0.3 is 15.1 Å².